The fraction of sp³-hybridized carbons (Fsp3) is 0. The Morgan fingerprint density at radius 3 is 1.31 bits per heavy atom. The first-order valence-corrected chi connectivity index (χ1v) is 9.25. The molecule has 0 saturated heterocycles. The Kier molecular flexibility index (Phi) is 4.94. The summed E-state index contributed by atoms with van der Waals surface area (Å²) in [5.74, 6) is -12.4. The molecule has 0 aromatic heterocycles. The molecule has 0 spiro atoms. The van der Waals surface area contributed by atoms with Crippen LogP contribution >= 0.6 is 7.72 Å². The predicted octanol–water partition coefficient (Wildman–Crippen LogP) is 3.98. The average Bonchev–Trinajstić information content (AvgIpc) is 2.69. The van der Waals surface area contributed by atoms with Crippen molar-refractivity contribution in [3.63, 3.8) is 0 Å². The molecule has 0 fully saturated rings. The van der Waals surface area contributed by atoms with Crippen molar-refractivity contribution in [3.05, 3.63) is 89.7 Å². The number of rotatable bonds is 4. The van der Waals surface area contributed by atoms with Gasteiger partial charge in [-0.3, -0.25) is 0 Å². The summed E-state index contributed by atoms with van der Waals surface area (Å²) in [6.07, 6.45) is 0. The maximum absolute atomic E-state index is 14.0. The van der Waals surface area contributed by atoms with Gasteiger partial charge < -0.3 is 0 Å². The quantitative estimate of drug-likeness (QED) is 0.318. The monoisotopic (exact) mass is 386 g/mol. The first-order valence-electron chi connectivity index (χ1n) is 7.40. The van der Waals surface area contributed by atoms with Gasteiger partial charge in [0.25, 0.3) is 0 Å². The minimum atomic E-state index is -4.30. The van der Waals surface area contributed by atoms with Gasteiger partial charge in [-0.1, -0.05) is 0 Å². The zero-order chi connectivity index (χ0) is 18.9. The molecule has 136 valence electrons. The van der Waals surface area contributed by atoms with Crippen molar-refractivity contribution >= 4 is 18.3 Å². The van der Waals surface area contributed by atoms with Crippen molar-refractivity contribution in [2.45, 2.75) is 0 Å². The first-order chi connectivity index (χ1) is 12.4. The Balaban J connectivity index is 2.21. The van der Waals surface area contributed by atoms with E-state index in [0.29, 0.717) is 0 Å². The molecule has 0 amide bonds. The number of hydrogen-bond acceptors (Lipinski definition) is 2. The van der Waals surface area contributed by atoms with Gasteiger partial charge in [-0.2, -0.15) is 0 Å². The van der Waals surface area contributed by atoms with Crippen molar-refractivity contribution < 1.29 is 31.4 Å². The van der Waals surface area contributed by atoms with Crippen LogP contribution in [0.15, 0.2) is 60.7 Å². The molecular weight excluding hydrogens is 374 g/mol. The van der Waals surface area contributed by atoms with Crippen LogP contribution in [-0.2, 0) is 0 Å². The van der Waals surface area contributed by atoms with Crippen LogP contribution in [0.3, 0.4) is 0 Å². The van der Waals surface area contributed by atoms with Crippen LogP contribution in [0.4, 0.5) is 22.0 Å². The summed E-state index contributed by atoms with van der Waals surface area (Å²) < 4.78 is 73.4. The van der Waals surface area contributed by atoms with E-state index >= 15 is 0 Å². The van der Waals surface area contributed by atoms with Gasteiger partial charge in [-0.25, -0.2) is 0 Å². The molecule has 0 heterocycles. The third-order valence-electron chi connectivity index (χ3n) is 3.75. The van der Waals surface area contributed by atoms with Gasteiger partial charge in [0, 0.05) is 0 Å². The second-order valence-electron chi connectivity index (χ2n) is 5.38. The van der Waals surface area contributed by atoms with Crippen molar-refractivity contribution in [2.24, 2.45) is 0 Å². The van der Waals surface area contributed by atoms with Crippen LogP contribution in [0.1, 0.15) is 0 Å². The predicted molar refractivity (Wildman–Crippen MR) is 89.5 cm³/mol. The summed E-state index contributed by atoms with van der Waals surface area (Å²) in [5.41, 5.74) is 0. The second kappa shape index (κ2) is 7.02. The molecule has 0 unspecified atom stereocenters. The van der Waals surface area contributed by atoms with E-state index in [4.69, 9.17) is 4.52 Å². The van der Waals surface area contributed by atoms with Crippen LogP contribution < -0.4 is 15.1 Å². The van der Waals surface area contributed by atoms with Crippen LogP contribution in [0.2, 0.25) is 0 Å². The summed E-state index contributed by atoms with van der Waals surface area (Å²) in [5, 5.41) is 0.352. The van der Waals surface area contributed by atoms with Crippen molar-refractivity contribution in [2.75, 3.05) is 0 Å². The van der Waals surface area contributed by atoms with Crippen molar-refractivity contribution in [3.8, 4) is 5.75 Å². The summed E-state index contributed by atoms with van der Waals surface area (Å²) in [6, 6.07) is 15.3. The molecule has 0 aliphatic carbocycles. The van der Waals surface area contributed by atoms with Gasteiger partial charge in [0.2, 0.25) is 0 Å². The number of hydrogen-bond donors (Lipinski definition) is 1. The molecule has 0 aliphatic heterocycles. The van der Waals surface area contributed by atoms with E-state index in [1.54, 1.807) is 36.4 Å². The molecule has 0 bridgehead atoms. The molecule has 2 nitrogen and oxygen atoms in total. The molecule has 0 atom stereocenters. The Labute approximate surface area is 146 Å². The van der Waals surface area contributed by atoms with Crippen LogP contribution in [0.25, 0.3) is 0 Å². The Morgan fingerprint density at radius 1 is 0.577 bits per heavy atom. The molecular formula is C18H12F5O2P. The Hall–Kier alpha value is -2.50. The van der Waals surface area contributed by atoms with E-state index in [9.17, 15) is 26.8 Å². The summed E-state index contributed by atoms with van der Waals surface area (Å²) in [4.78, 5) is 11.2. The molecule has 3 aromatic carbocycles. The number of benzene rings is 3. The van der Waals surface area contributed by atoms with Gasteiger partial charge in [0.05, 0.1) is 0 Å². The molecule has 26 heavy (non-hydrogen) atoms. The van der Waals surface area contributed by atoms with Gasteiger partial charge in [-0.15, -0.1) is 0 Å². The van der Waals surface area contributed by atoms with Crippen molar-refractivity contribution in [1.29, 1.82) is 0 Å². The summed E-state index contributed by atoms with van der Waals surface area (Å²) in [7, 11) is -4.30. The standard InChI is InChI=1S/C18H12F5O2P/c19-13-14(20)16(22)18(17(23)15(13)21)25-26(24,11-7-3-1-4-8-11)12-9-5-2-6-10-12/h1-10,24,26H. The Bertz CT molecular complexity index is 867. The summed E-state index contributed by atoms with van der Waals surface area (Å²) in [6.45, 7) is 0. The van der Waals surface area contributed by atoms with Gasteiger partial charge >= 0.3 is 145 Å². The van der Waals surface area contributed by atoms with Gasteiger partial charge in [0.1, 0.15) is 0 Å². The average molecular weight is 386 g/mol. The van der Waals surface area contributed by atoms with Crippen LogP contribution in [0, 0.1) is 29.1 Å². The normalized spacial score (nSPS) is 12.1. The fourth-order valence-electron chi connectivity index (χ4n) is 2.43. The molecule has 0 radical (unpaired) electrons. The zero-order valence-electron chi connectivity index (χ0n) is 13.0. The summed E-state index contributed by atoms with van der Waals surface area (Å²) >= 11 is 0. The maximum atomic E-state index is 14.0. The molecule has 8 heteroatoms. The molecule has 0 saturated carbocycles. The van der Waals surface area contributed by atoms with Crippen molar-refractivity contribution in [1.82, 2.24) is 0 Å². The van der Waals surface area contributed by atoms with Crippen LogP contribution in [-0.4, -0.2) is 4.89 Å². The second-order valence-corrected chi connectivity index (χ2v) is 8.02. The van der Waals surface area contributed by atoms with E-state index in [2.05, 4.69) is 0 Å². The number of halogens is 5. The topological polar surface area (TPSA) is 29.5 Å². The molecule has 3 aromatic rings. The molecule has 3 rings (SSSR count). The Morgan fingerprint density at radius 2 is 0.923 bits per heavy atom. The van der Waals surface area contributed by atoms with E-state index in [-0.39, 0.29) is 10.6 Å². The third kappa shape index (κ3) is 3.04. The van der Waals surface area contributed by atoms with Crippen LogP contribution in [0.5, 0.6) is 5.75 Å². The van der Waals surface area contributed by atoms with E-state index in [1.165, 1.54) is 24.3 Å². The SMILES string of the molecule is O[PH](Oc1c(F)c(F)c(F)c(F)c1F)(c1ccccc1)c1ccccc1. The van der Waals surface area contributed by atoms with E-state index < -0.39 is 42.6 Å². The fourth-order valence-corrected chi connectivity index (χ4v) is 4.77. The van der Waals surface area contributed by atoms with E-state index in [1.807, 2.05) is 0 Å². The van der Waals surface area contributed by atoms with E-state index in [0.717, 1.165) is 0 Å². The van der Waals surface area contributed by atoms with Gasteiger partial charge in [-0.05, 0) is 0 Å². The van der Waals surface area contributed by atoms with Gasteiger partial charge in [0.15, 0.2) is 0 Å². The molecule has 1 N–H and O–H groups in total. The first kappa shape index (κ1) is 18.3. The third-order valence-corrected chi connectivity index (χ3v) is 6.48. The molecule has 0 aliphatic rings. The minimum absolute atomic E-state index is 0.176. The zero-order valence-corrected chi connectivity index (χ0v) is 14.0.